The van der Waals surface area contributed by atoms with Gasteiger partial charge in [-0.05, 0) is 39.2 Å². The number of rotatable bonds is 2. The molecule has 2 aromatic heterocycles. The molecule has 5 heterocycles. The monoisotopic (exact) mass is 451 g/mol. The van der Waals surface area contributed by atoms with Gasteiger partial charge in [0.2, 0.25) is 5.91 Å². The number of piperidine rings is 1. The minimum Gasteiger partial charge on any atom is -0.388 e. The molecule has 5 rings (SSSR count). The van der Waals surface area contributed by atoms with Gasteiger partial charge >= 0.3 is 0 Å². The Bertz CT molecular complexity index is 951. The fourth-order valence-corrected chi connectivity index (χ4v) is 5.31. The van der Waals surface area contributed by atoms with Crippen LogP contribution in [0.2, 0.25) is 0 Å². The SMILES string of the molecule is C[C@@]1(O)CC2(CCN(C(=O)[C@@H]3CCCN3)CC2)OC[C@H]1n1cnc2c(N)ncnc21.Cl. The van der Waals surface area contributed by atoms with E-state index in [1.807, 2.05) is 16.4 Å². The van der Waals surface area contributed by atoms with Gasteiger partial charge in [-0.15, -0.1) is 12.4 Å². The van der Waals surface area contributed by atoms with E-state index in [1.54, 1.807) is 6.33 Å². The number of anilines is 1. The third-order valence-electron chi connectivity index (χ3n) is 7.01. The molecular weight excluding hydrogens is 422 g/mol. The summed E-state index contributed by atoms with van der Waals surface area (Å²) in [4.78, 5) is 27.3. The molecule has 0 saturated carbocycles. The Balaban J connectivity index is 0.00000231. The number of imidazole rings is 1. The second kappa shape index (κ2) is 8.16. The fourth-order valence-electron chi connectivity index (χ4n) is 5.31. The Hall–Kier alpha value is -2.01. The zero-order valence-corrected chi connectivity index (χ0v) is 18.5. The lowest BCUT2D eigenvalue weighted by Gasteiger charge is -2.51. The zero-order chi connectivity index (χ0) is 20.9. The van der Waals surface area contributed by atoms with Gasteiger partial charge in [0.1, 0.15) is 11.8 Å². The van der Waals surface area contributed by atoms with E-state index >= 15 is 0 Å². The zero-order valence-electron chi connectivity index (χ0n) is 17.7. The van der Waals surface area contributed by atoms with E-state index in [9.17, 15) is 9.90 Å². The van der Waals surface area contributed by atoms with E-state index < -0.39 is 11.2 Å². The lowest BCUT2D eigenvalue weighted by molar-refractivity contribution is -0.197. The predicted molar refractivity (Wildman–Crippen MR) is 117 cm³/mol. The van der Waals surface area contributed by atoms with Gasteiger partial charge in [0.25, 0.3) is 0 Å². The number of amides is 1. The van der Waals surface area contributed by atoms with E-state index in [1.165, 1.54) is 6.33 Å². The van der Waals surface area contributed by atoms with Gasteiger partial charge in [-0.1, -0.05) is 0 Å². The Morgan fingerprint density at radius 3 is 2.77 bits per heavy atom. The average Bonchev–Trinajstić information content (AvgIpc) is 3.38. The molecule has 0 unspecified atom stereocenters. The van der Waals surface area contributed by atoms with Crippen molar-refractivity contribution in [3.8, 4) is 0 Å². The number of nitrogens with one attached hydrogen (secondary N) is 1. The van der Waals surface area contributed by atoms with Gasteiger partial charge in [-0.2, -0.15) is 0 Å². The van der Waals surface area contributed by atoms with Crippen LogP contribution >= 0.6 is 12.4 Å². The number of nitrogen functional groups attached to an aromatic ring is 1. The van der Waals surface area contributed by atoms with Crippen LogP contribution in [0.1, 0.15) is 45.1 Å². The third kappa shape index (κ3) is 3.86. The van der Waals surface area contributed by atoms with Crippen molar-refractivity contribution in [1.82, 2.24) is 29.7 Å². The highest BCUT2D eigenvalue weighted by atomic mass is 35.5. The first-order chi connectivity index (χ1) is 14.4. The number of likely N-dealkylation sites (tertiary alicyclic amines) is 1. The number of carbonyl (C=O) groups excluding carboxylic acids is 1. The van der Waals surface area contributed by atoms with Gasteiger partial charge in [-0.3, -0.25) is 4.79 Å². The van der Waals surface area contributed by atoms with E-state index in [-0.39, 0.29) is 30.4 Å². The van der Waals surface area contributed by atoms with Crippen molar-refractivity contribution in [3.63, 3.8) is 0 Å². The summed E-state index contributed by atoms with van der Waals surface area (Å²) < 4.78 is 8.21. The van der Waals surface area contributed by atoms with Crippen molar-refractivity contribution in [3.05, 3.63) is 12.7 Å². The molecule has 11 heteroatoms. The van der Waals surface area contributed by atoms with Crippen LogP contribution in [0, 0.1) is 0 Å². The van der Waals surface area contributed by atoms with Crippen molar-refractivity contribution in [1.29, 1.82) is 0 Å². The number of nitrogens with zero attached hydrogens (tertiary/aromatic N) is 5. The number of aromatic nitrogens is 4. The smallest absolute Gasteiger partial charge is 0.239 e. The van der Waals surface area contributed by atoms with Crippen molar-refractivity contribution >= 4 is 35.3 Å². The number of hydrogen-bond acceptors (Lipinski definition) is 8. The van der Waals surface area contributed by atoms with Gasteiger partial charge in [0.15, 0.2) is 11.5 Å². The van der Waals surface area contributed by atoms with Crippen molar-refractivity contribution in [2.75, 3.05) is 32.0 Å². The molecule has 1 spiro atoms. The molecule has 3 atom stereocenters. The minimum atomic E-state index is -1.01. The summed E-state index contributed by atoms with van der Waals surface area (Å²) in [5.41, 5.74) is 5.61. The molecule has 0 aromatic carbocycles. The molecule has 3 aliphatic heterocycles. The van der Waals surface area contributed by atoms with E-state index in [2.05, 4.69) is 20.3 Å². The highest BCUT2D eigenvalue weighted by molar-refractivity contribution is 5.85. The second-order valence-electron chi connectivity index (χ2n) is 9.10. The lowest BCUT2D eigenvalue weighted by atomic mass is 9.75. The van der Waals surface area contributed by atoms with Crippen LogP contribution in [-0.2, 0) is 9.53 Å². The molecule has 170 valence electrons. The molecule has 3 saturated heterocycles. The summed E-state index contributed by atoms with van der Waals surface area (Å²) in [6, 6.07) is -0.368. The summed E-state index contributed by atoms with van der Waals surface area (Å²) >= 11 is 0. The third-order valence-corrected chi connectivity index (χ3v) is 7.01. The van der Waals surface area contributed by atoms with Crippen molar-refractivity contribution in [2.24, 2.45) is 0 Å². The first kappa shape index (κ1) is 22.2. The quantitative estimate of drug-likeness (QED) is 0.606. The minimum absolute atomic E-state index is 0. The van der Waals surface area contributed by atoms with Crippen LogP contribution < -0.4 is 11.1 Å². The van der Waals surface area contributed by atoms with E-state index in [4.69, 9.17) is 10.5 Å². The number of nitrogens with two attached hydrogens (primary N) is 1. The van der Waals surface area contributed by atoms with Crippen LogP contribution in [-0.4, -0.2) is 78.9 Å². The molecule has 0 radical (unpaired) electrons. The molecule has 0 aliphatic carbocycles. The van der Waals surface area contributed by atoms with Crippen LogP contribution in [0.25, 0.3) is 11.2 Å². The molecule has 31 heavy (non-hydrogen) atoms. The first-order valence-corrected chi connectivity index (χ1v) is 10.7. The maximum atomic E-state index is 12.7. The molecule has 3 aliphatic rings. The molecule has 3 fully saturated rings. The van der Waals surface area contributed by atoms with Gasteiger partial charge < -0.3 is 30.4 Å². The van der Waals surface area contributed by atoms with E-state index in [0.29, 0.717) is 43.1 Å². The second-order valence-corrected chi connectivity index (χ2v) is 9.10. The number of carbonyl (C=O) groups is 1. The van der Waals surface area contributed by atoms with Crippen molar-refractivity contribution in [2.45, 2.75) is 62.3 Å². The van der Waals surface area contributed by atoms with Gasteiger partial charge in [0.05, 0.1) is 36.2 Å². The maximum Gasteiger partial charge on any atom is 0.239 e. The normalized spacial score (nSPS) is 30.5. The summed E-state index contributed by atoms with van der Waals surface area (Å²) in [5, 5.41) is 14.7. The van der Waals surface area contributed by atoms with Gasteiger partial charge in [0, 0.05) is 19.5 Å². The number of fused-ring (bicyclic) bond motifs is 1. The topological polar surface area (TPSA) is 131 Å². The molecule has 0 bridgehead atoms. The maximum absolute atomic E-state index is 12.7. The highest BCUT2D eigenvalue weighted by Gasteiger charge is 2.50. The molecule has 10 nitrogen and oxygen atoms in total. The summed E-state index contributed by atoms with van der Waals surface area (Å²) in [6.07, 6.45) is 6.98. The lowest BCUT2D eigenvalue weighted by Crippen LogP contribution is -2.59. The van der Waals surface area contributed by atoms with Gasteiger partial charge in [-0.25, -0.2) is 15.0 Å². The van der Waals surface area contributed by atoms with Crippen molar-refractivity contribution < 1.29 is 14.6 Å². The number of halogens is 1. The van der Waals surface area contributed by atoms with Crippen LogP contribution in [0.5, 0.6) is 0 Å². The highest BCUT2D eigenvalue weighted by Crippen LogP contribution is 2.44. The Labute approximate surface area is 187 Å². The number of aliphatic hydroxyl groups is 1. The summed E-state index contributed by atoms with van der Waals surface area (Å²) in [5.74, 6) is 0.519. The Morgan fingerprint density at radius 1 is 1.32 bits per heavy atom. The largest absolute Gasteiger partial charge is 0.388 e. The van der Waals surface area contributed by atoms with Crippen LogP contribution in [0.3, 0.4) is 0 Å². The number of hydrogen-bond donors (Lipinski definition) is 3. The molecule has 2 aromatic rings. The predicted octanol–water partition coefficient (Wildman–Crippen LogP) is 0.656. The summed E-state index contributed by atoms with van der Waals surface area (Å²) in [6.45, 7) is 4.44. The Kier molecular flexibility index (Phi) is 5.84. The number of ether oxygens (including phenoxy) is 1. The first-order valence-electron chi connectivity index (χ1n) is 10.7. The Morgan fingerprint density at radius 2 is 2.10 bits per heavy atom. The fraction of sp³-hybridized carbons (Fsp3) is 0.700. The van der Waals surface area contributed by atoms with Crippen LogP contribution in [0.15, 0.2) is 12.7 Å². The summed E-state index contributed by atoms with van der Waals surface area (Å²) in [7, 11) is 0. The van der Waals surface area contributed by atoms with E-state index in [0.717, 1.165) is 32.2 Å². The molecule has 1 amide bonds. The average molecular weight is 452 g/mol. The molecule has 4 N–H and O–H groups in total. The van der Waals surface area contributed by atoms with Crippen LogP contribution in [0.4, 0.5) is 5.82 Å². The standard InChI is InChI=1S/C20H29N7O3.ClH/c1-19(29)10-20(4-7-26(8-5-20)18(28)13-3-2-6-22-13)30-9-14(19)27-12-25-15-16(21)23-11-24-17(15)27;/h11-14,22,29H,2-10H2,1H3,(H2,21,23,24);1H/t13-,14+,19+;/m0./s1. The molecular formula is C20H30ClN7O3.